The first kappa shape index (κ1) is 14.2. The number of amides is 1. The molecule has 114 valence electrons. The van der Waals surface area contributed by atoms with Gasteiger partial charge in [0.1, 0.15) is 5.69 Å². The molecule has 0 aliphatic heterocycles. The molecule has 0 radical (unpaired) electrons. The average Bonchev–Trinajstić information content (AvgIpc) is 3.13. The minimum Gasteiger partial charge on any atom is -0.350 e. The predicted molar refractivity (Wildman–Crippen MR) is 81.6 cm³/mol. The number of fused-ring (bicyclic) bond motifs is 1. The van der Waals surface area contributed by atoms with Crippen molar-refractivity contribution in [2.45, 2.75) is 26.3 Å². The minimum atomic E-state index is -0.118. The van der Waals surface area contributed by atoms with E-state index in [1.807, 2.05) is 36.7 Å². The molecule has 0 saturated carbocycles. The fraction of sp³-hybridized carbons (Fsp3) is 0.333. The van der Waals surface area contributed by atoms with Crippen LogP contribution in [0, 0.1) is 0 Å². The summed E-state index contributed by atoms with van der Waals surface area (Å²) >= 11 is 0. The van der Waals surface area contributed by atoms with Crippen molar-refractivity contribution in [3.05, 3.63) is 48.3 Å². The Kier molecular flexibility index (Phi) is 3.86. The Hall–Kier alpha value is -2.70. The summed E-state index contributed by atoms with van der Waals surface area (Å²) in [5.74, 6) is 0.551. The smallest absolute Gasteiger partial charge is 0.269 e. The molecule has 3 aromatic heterocycles. The molecule has 7 nitrogen and oxygen atoms in total. The van der Waals surface area contributed by atoms with Crippen LogP contribution in [-0.4, -0.2) is 36.6 Å². The summed E-state index contributed by atoms with van der Waals surface area (Å²) in [5, 5.41) is 7.07. The average molecular weight is 298 g/mol. The lowest BCUT2D eigenvalue weighted by Gasteiger charge is -2.10. The highest BCUT2D eigenvalue weighted by Gasteiger charge is 2.13. The Balaban J connectivity index is 1.60. The van der Waals surface area contributed by atoms with Crippen LogP contribution in [0.3, 0.4) is 0 Å². The number of nitrogens with zero attached hydrogens (tertiary/aromatic N) is 5. The zero-order chi connectivity index (χ0) is 15.5. The molecule has 0 aliphatic rings. The van der Waals surface area contributed by atoms with Gasteiger partial charge in [-0.1, -0.05) is 0 Å². The summed E-state index contributed by atoms with van der Waals surface area (Å²) in [5.41, 5.74) is 1.48. The molecular weight excluding hydrogens is 280 g/mol. The van der Waals surface area contributed by atoms with Crippen LogP contribution in [0.4, 0.5) is 0 Å². The molecule has 3 aromatic rings. The van der Waals surface area contributed by atoms with Crippen LogP contribution in [0.2, 0.25) is 0 Å². The maximum atomic E-state index is 12.2. The van der Waals surface area contributed by atoms with Gasteiger partial charge in [-0.2, -0.15) is 5.10 Å². The second-order valence-corrected chi connectivity index (χ2v) is 5.32. The van der Waals surface area contributed by atoms with Crippen molar-refractivity contribution in [2.75, 3.05) is 6.54 Å². The van der Waals surface area contributed by atoms with E-state index < -0.39 is 0 Å². The molecule has 0 spiro atoms. The Morgan fingerprint density at radius 1 is 1.36 bits per heavy atom. The Morgan fingerprint density at radius 2 is 2.23 bits per heavy atom. The summed E-state index contributed by atoms with van der Waals surface area (Å²) in [4.78, 5) is 20.8. The fourth-order valence-corrected chi connectivity index (χ4v) is 2.30. The lowest BCUT2D eigenvalue weighted by molar-refractivity contribution is 0.0941. The molecular formula is C15H18N6O. The number of imidazole rings is 1. The Morgan fingerprint density at radius 3 is 3.00 bits per heavy atom. The largest absolute Gasteiger partial charge is 0.350 e. The molecule has 0 fully saturated rings. The van der Waals surface area contributed by atoms with Gasteiger partial charge >= 0.3 is 0 Å². The molecule has 0 aliphatic carbocycles. The van der Waals surface area contributed by atoms with Crippen molar-refractivity contribution < 1.29 is 4.79 Å². The lowest BCUT2D eigenvalue weighted by atomic mass is 10.3. The van der Waals surface area contributed by atoms with Gasteiger partial charge in [0.2, 0.25) is 5.78 Å². The molecule has 22 heavy (non-hydrogen) atoms. The van der Waals surface area contributed by atoms with Crippen molar-refractivity contribution in [3.63, 3.8) is 0 Å². The van der Waals surface area contributed by atoms with Gasteiger partial charge in [-0.05, 0) is 26.0 Å². The van der Waals surface area contributed by atoms with Crippen LogP contribution >= 0.6 is 0 Å². The maximum absolute atomic E-state index is 12.2. The van der Waals surface area contributed by atoms with E-state index in [1.165, 1.54) is 0 Å². The Labute approximate surface area is 128 Å². The van der Waals surface area contributed by atoms with E-state index in [2.05, 4.69) is 20.4 Å². The van der Waals surface area contributed by atoms with E-state index in [9.17, 15) is 4.79 Å². The molecule has 1 N–H and O–H groups in total. The van der Waals surface area contributed by atoms with E-state index in [0.717, 1.165) is 5.69 Å². The van der Waals surface area contributed by atoms with Gasteiger partial charge in [-0.15, -0.1) is 0 Å². The van der Waals surface area contributed by atoms with Gasteiger partial charge in [-0.3, -0.25) is 13.9 Å². The first-order chi connectivity index (χ1) is 10.6. The number of hydrogen-bond acceptors (Lipinski definition) is 4. The van der Waals surface area contributed by atoms with Crippen LogP contribution < -0.4 is 5.32 Å². The summed E-state index contributed by atoms with van der Waals surface area (Å²) in [6.45, 7) is 4.51. The van der Waals surface area contributed by atoms with Gasteiger partial charge in [0, 0.05) is 43.8 Å². The molecule has 0 atom stereocenters. The normalized spacial score (nSPS) is 11.2. The molecule has 0 saturated heterocycles. The third-order valence-electron chi connectivity index (χ3n) is 3.34. The van der Waals surface area contributed by atoms with Gasteiger partial charge in [0.15, 0.2) is 0 Å². The summed E-state index contributed by atoms with van der Waals surface area (Å²) in [6, 6.07) is 3.73. The van der Waals surface area contributed by atoms with E-state index in [0.29, 0.717) is 24.4 Å². The predicted octanol–water partition coefficient (Wildman–Crippen LogP) is 1.48. The topological polar surface area (TPSA) is 77.1 Å². The zero-order valence-electron chi connectivity index (χ0n) is 12.6. The van der Waals surface area contributed by atoms with Crippen molar-refractivity contribution >= 4 is 11.7 Å². The van der Waals surface area contributed by atoms with Crippen LogP contribution in [-0.2, 0) is 6.42 Å². The van der Waals surface area contributed by atoms with E-state index in [1.54, 1.807) is 23.1 Å². The number of hydrogen-bond donors (Lipinski definition) is 1. The standard InChI is InChI=1S/C15H18N6O/c1-11(2)21-13(5-8-18-21)14(22)16-7-4-12-10-20-9-3-6-17-15(20)19-12/h3,5-6,8-11H,4,7H2,1-2H3,(H,16,22). The van der Waals surface area contributed by atoms with E-state index in [-0.39, 0.29) is 11.9 Å². The van der Waals surface area contributed by atoms with Crippen molar-refractivity contribution in [1.82, 2.24) is 29.5 Å². The SMILES string of the molecule is CC(C)n1nccc1C(=O)NCCc1cn2cccnc2n1. The third kappa shape index (κ3) is 2.83. The molecule has 0 aromatic carbocycles. The molecule has 1 amide bonds. The number of carbonyl (C=O) groups is 1. The zero-order valence-corrected chi connectivity index (χ0v) is 12.6. The molecule has 3 rings (SSSR count). The van der Waals surface area contributed by atoms with Gasteiger partial charge in [-0.25, -0.2) is 9.97 Å². The summed E-state index contributed by atoms with van der Waals surface area (Å²) < 4.78 is 3.58. The van der Waals surface area contributed by atoms with Crippen molar-refractivity contribution in [1.29, 1.82) is 0 Å². The van der Waals surface area contributed by atoms with Gasteiger partial charge < -0.3 is 5.32 Å². The molecule has 0 unspecified atom stereocenters. The lowest BCUT2D eigenvalue weighted by Crippen LogP contribution is -2.28. The van der Waals surface area contributed by atoms with Crippen molar-refractivity contribution in [3.8, 4) is 0 Å². The third-order valence-corrected chi connectivity index (χ3v) is 3.34. The first-order valence-corrected chi connectivity index (χ1v) is 7.25. The van der Waals surface area contributed by atoms with Crippen LogP contribution in [0.1, 0.15) is 36.1 Å². The first-order valence-electron chi connectivity index (χ1n) is 7.25. The molecule has 7 heteroatoms. The Bertz CT molecular complexity index is 755. The molecule has 3 heterocycles. The summed E-state index contributed by atoms with van der Waals surface area (Å²) in [6.07, 6.45) is 7.83. The van der Waals surface area contributed by atoms with E-state index >= 15 is 0 Å². The number of rotatable bonds is 5. The fourth-order valence-electron chi connectivity index (χ4n) is 2.30. The number of aromatic nitrogens is 5. The van der Waals surface area contributed by atoms with E-state index in [4.69, 9.17) is 0 Å². The summed E-state index contributed by atoms with van der Waals surface area (Å²) in [7, 11) is 0. The molecule has 0 bridgehead atoms. The second-order valence-electron chi connectivity index (χ2n) is 5.32. The quantitative estimate of drug-likeness (QED) is 0.774. The maximum Gasteiger partial charge on any atom is 0.269 e. The number of carbonyl (C=O) groups excluding carboxylic acids is 1. The number of nitrogens with one attached hydrogen (secondary N) is 1. The monoisotopic (exact) mass is 298 g/mol. The second kappa shape index (κ2) is 5.97. The van der Waals surface area contributed by atoms with Crippen LogP contribution in [0.15, 0.2) is 36.9 Å². The minimum absolute atomic E-state index is 0.118. The van der Waals surface area contributed by atoms with Gasteiger partial charge in [0.05, 0.1) is 5.69 Å². The highest BCUT2D eigenvalue weighted by Crippen LogP contribution is 2.08. The highest BCUT2D eigenvalue weighted by atomic mass is 16.2. The van der Waals surface area contributed by atoms with Crippen LogP contribution in [0.5, 0.6) is 0 Å². The van der Waals surface area contributed by atoms with Crippen LogP contribution in [0.25, 0.3) is 5.78 Å². The van der Waals surface area contributed by atoms with Crippen molar-refractivity contribution in [2.24, 2.45) is 0 Å². The van der Waals surface area contributed by atoms with Gasteiger partial charge in [0.25, 0.3) is 5.91 Å². The highest BCUT2D eigenvalue weighted by molar-refractivity contribution is 5.92.